The average molecular weight is 794 g/mol. The van der Waals surface area contributed by atoms with Gasteiger partial charge in [0.15, 0.2) is 11.9 Å². The predicted molar refractivity (Wildman–Crippen MR) is 216 cm³/mol. The van der Waals surface area contributed by atoms with Crippen molar-refractivity contribution < 1.29 is 33.2 Å². The molecule has 0 aliphatic rings. The first kappa shape index (κ1) is 46.8. The largest absolute Gasteiger partial charge is 0.370 e. The van der Waals surface area contributed by atoms with Gasteiger partial charge in [0.1, 0.15) is 30.0 Å². The van der Waals surface area contributed by atoms with Gasteiger partial charge < -0.3 is 44.6 Å². The van der Waals surface area contributed by atoms with Gasteiger partial charge in [0.05, 0.1) is 0 Å². The highest BCUT2D eigenvalue weighted by Crippen LogP contribution is 2.15. The summed E-state index contributed by atoms with van der Waals surface area (Å²) < 4.78 is 13.8. The van der Waals surface area contributed by atoms with E-state index in [1.165, 1.54) is 30.3 Å². The number of aliphatic imine (C=N–C) groups is 2. The number of hydrogen-bond acceptors (Lipinski definition) is 8. The van der Waals surface area contributed by atoms with E-state index < -0.39 is 65.4 Å². The number of unbranched alkanes of at least 4 members (excludes halogenated alkanes) is 1. The molecule has 2 aromatic rings. The highest BCUT2D eigenvalue weighted by atomic mass is 19.1. The van der Waals surface area contributed by atoms with Crippen molar-refractivity contribution in [1.82, 2.24) is 20.9 Å². The van der Waals surface area contributed by atoms with Gasteiger partial charge in [-0.15, -0.1) is 0 Å². The first-order valence-corrected chi connectivity index (χ1v) is 18.6. The summed E-state index contributed by atoms with van der Waals surface area (Å²) in [6, 6.07) is 8.99. The minimum absolute atomic E-state index is 0.0352. The van der Waals surface area contributed by atoms with Crippen molar-refractivity contribution >= 4 is 53.4 Å². The van der Waals surface area contributed by atoms with Crippen LogP contribution < -0.4 is 44.6 Å². The number of benzene rings is 2. The standard InChI is InChI=1S/C39H56FN11O6/c1-24(2)22-31(36(56)48-29(34(41)54)13-9-21-47-39(44)45)50-35(55)30(12-7-8-20-46-38(42)43)49-37(57)32(23-27-14-17-28(40)18-15-27)51(25(3)52)33(53)19-16-26-10-5-4-6-11-26/h4-6,10-11,14-19,24,29-32H,7-9,12-13,20-23H2,1-3H3,(H2,41,54)(H,48,56)(H,49,57)(H,50,55)(H4,42,43,46)(H4,44,45,47)/b19-16+/t29?,30-,31?,32?/m1/s1. The van der Waals surface area contributed by atoms with Crippen LogP contribution in [0.5, 0.6) is 0 Å². The maximum atomic E-state index is 14.3. The van der Waals surface area contributed by atoms with Gasteiger partial charge in [0.2, 0.25) is 29.5 Å². The molecule has 0 aliphatic carbocycles. The Balaban J connectivity index is 2.47. The van der Waals surface area contributed by atoms with Gasteiger partial charge in [0, 0.05) is 32.5 Å². The molecule has 3 unspecified atom stereocenters. The fourth-order valence-corrected chi connectivity index (χ4v) is 5.73. The van der Waals surface area contributed by atoms with E-state index in [4.69, 9.17) is 28.7 Å². The van der Waals surface area contributed by atoms with Crippen LogP contribution in [-0.2, 0) is 35.2 Å². The molecular formula is C39H56FN11O6. The Bertz CT molecular complexity index is 1740. The monoisotopic (exact) mass is 793 g/mol. The minimum atomic E-state index is -1.48. The fraction of sp³-hybridized carbons (Fsp3) is 0.436. The van der Waals surface area contributed by atoms with Crippen molar-refractivity contribution in [3.8, 4) is 0 Å². The molecule has 17 nitrogen and oxygen atoms in total. The van der Waals surface area contributed by atoms with Crippen LogP contribution in [0.3, 0.4) is 0 Å². The van der Waals surface area contributed by atoms with Gasteiger partial charge in [-0.05, 0) is 73.8 Å². The summed E-state index contributed by atoms with van der Waals surface area (Å²) in [5.74, 6) is -5.55. The van der Waals surface area contributed by atoms with Crippen LogP contribution in [0.4, 0.5) is 4.39 Å². The van der Waals surface area contributed by atoms with Crippen LogP contribution in [0.15, 0.2) is 70.7 Å². The van der Waals surface area contributed by atoms with Crippen LogP contribution in [0.2, 0.25) is 0 Å². The second-order valence-corrected chi connectivity index (χ2v) is 13.8. The molecule has 0 heterocycles. The second-order valence-electron chi connectivity index (χ2n) is 13.8. The van der Waals surface area contributed by atoms with E-state index >= 15 is 0 Å². The molecule has 57 heavy (non-hydrogen) atoms. The summed E-state index contributed by atoms with van der Waals surface area (Å²) in [6.07, 6.45) is 3.80. The van der Waals surface area contributed by atoms with E-state index in [1.807, 2.05) is 13.8 Å². The third kappa shape index (κ3) is 17.8. The van der Waals surface area contributed by atoms with E-state index in [0.717, 1.165) is 17.9 Å². The van der Waals surface area contributed by atoms with Crippen LogP contribution in [0.1, 0.15) is 70.4 Å². The molecule has 13 N–H and O–H groups in total. The summed E-state index contributed by atoms with van der Waals surface area (Å²) >= 11 is 0. The number of rotatable bonds is 23. The first-order valence-electron chi connectivity index (χ1n) is 18.6. The number of guanidine groups is 2. The molecule has 2 aromatic carbocycles. The SMILES string of the molecule is CC(=O)N(C(=O)/C=C/c1ccccc1)C(Cc1ccc(F)cc1)C(=O)N[C@H](CCCCN=C(N)N)C(=O)NC(CC(C)C)C(=O)NC(CCCN=C(N)N)C(N)=O. The third-order valence-electron chi connectivity index (χ3n) is 8.52. The summed E-state index contributed by atoms with van der Waals surface area (Å²) in [7, 11) is 0. The Morgan fingerprint density at radius 1 is 0.719 bits per heavy atom. The van der Waals surface area contributed by atoms with Crippen LogP contribution in [-0.4, -0.2) is 89.5 Å². The first-order chi connectivity index (χ1) is 27.0. The zero-order valence-electron chi connectivity index (χ0n) is 32.7. The van der Waals surface area contributed by atoms with E-state index in [0.29, 0.717) is 30.4 Å². The number of nitrogens with two attached hydrogens (primary N) is 5. The van der Waals surface area contributed by atoms with Crippen LogP contribution in [0, 0.1) is 11.7 Å². The molecule has 0 saturated carbocycles. The Morgan fingerprint density at radius 3 is 1.82 bits per heavy atom. The van der Waals surface area contributed by atoms with Gasteiger partial charge >= 0.3 is 0 Å². The van der Waals surface area contributed by atoms with E-state index in [9.17, 15) is 33.2 Å². The summed E-state index contributed by atoms with van der Waals surface area (Å²) in [6.45, 7) is 5.21. The molecule has 0 aliphatic heterocycles. The van der Waals surface area contributed by atoms with E-state index in [-0.39, 0.29) is 56.6 Å². The zero-order valence-corrected chi connectivity index (χ0v) is 32.7. The molecule has 0 fully saturated rings. The number of carbonyl (C=O) groups excluding carboxylic acids is 6. The smallest absolute Gasteiger partial charge is 0.253 e. The molecule has 0 spiro atoms. The van der Waals surface area contributed by atoms with Crippen molar-refractivity contribution in [2.75, 3.05) is 13.1 Å². The number of nitrogens with one attached hydrogen (secondary N) is 3. The molecule has 4 atom stereocenters. The topological polar surface area (TPSA) is 297 Å². The molecule has 0 bridgehead atoms. The third-order valence-corrected chi connectivity index (χ3v) is 8.52. The zero-order chi connectivity index (χ0) is 42.5. The lowest BCUT2D eigenvalue weighted by Gasteiger charge is -2.30. The number of hydrogen-bond donors (Lipinski definition) is 8. The maximum absolute atomic E-state index is 14.3. The van der Waals surface area contributed by atoms with Crippen molar-refractivity contribution in [3.05, 3.63) is 77.6 Å². The Kier molecular flexibility index (Phi) is 19.9. The fourth-order valence-electron chi connectivity index (χ4n) is 5.73. The number of primary amides is 1. The molecule has 0 aromatic heterocycles. The molecular weight excluding hydrogens is 737 g/mol. The number of amides is 6. The van der Waals surface area contributed by atoms with Crippen molar-refractivity contribution in [2.45, 2.75) is 89.9 Å². The van der Waals surface area contributed by atoms with Gasteiger partial charge in [-0.25, -0.2) is 4.39 Å². The highest BCUT2D eigenvalue weighted by Gasteiger charge is 2.35. The van der Waals surface area contributed by atoms with Gasteiger partial charge in [-0.2, -0.15) is 0 Å². The van der Waals surface area contributed by atoms with Crippen molar-refractivity contribution in [3.63, 3.8) is 0 Å². The number of halogens is 1. The van der Waals surface area contributed by atoms with Gasteiger partial charge in [0.25, 0.3) is 5.91 Å². The lowest BCUT2D eigenvalue weighted by molar-refractivity contribution is -0.148. The lowest BCUT2D eigenvalue weighted by atomic mass is 10.00. The number of nitrogens with zero attached hydrogens (tertiary/aromatic N) is 3. The predicted octanol–water partition coefficient (Wildman–Crippen LogP) is 0.308. The van der Waals surface area contributed by atoms with E-state index in [1.54, 1.807) is 30.3 Å². The Labute approximate surface area is 332 Å². The summed E-state index contributed by atoms with van der Waals surface area (Å²) in [5, 5.41) is 8.00. The molecule has 0 radical (unpaired) electrons. The molecule has 6 amide bonds. The molecule has 2 rings (SSSR count). The van der Waals surface area contributed by atoms with Crippen molar-refractivity contribution in [2.24, 2.45) is 44.6 Å². The van der Waals surface area contributed by atoms with Gasteiger partial charge in [-0.1, -0.05) is 56.3 Å². The van der Waals surface area contributed by atoms with Crippen LogP contribution in [0.25, 0.3) is 6.08 Å². The van der Waals surface area contributed by atoms with Gasteiger partial charge in [-0.3, -0.25) is 43.7 Å². The quantitative estimate of drug-likeness (QED) is 0.0330. The molecule has 0 saturated heterocycles. The van der Waals surface area contributed by atoms with Crippen LogP contribution >= 0.6 is 0 Å². The highest BCUT2D eigenvalue weighted by molar-refractivity contribution is 6.06. The second kappa shape index (κ2) is 24.2. The summed E-state index contributed by atoms with van der Waals surface area (Å²) in [4.78, 5) is 89.4. The average Bonchev–Trinajstić information content (AvgIpc) is 3.14. The lowest BCUT2D eigenvalue weighted by Crippen LogP contribution is -2.59. The minimum Gasteiger partial charge on any atom is -0.370 e. The maximum Gasteiger partial charge on any atom is 0.253 e. The van der Waals surface area contributed by atoms with Crippen molar-refractivity contribution in [1.29, 1.82) is 0 Å². The Morgan fingerprint density at radius 2 is 1.26 bits per heavy atom. The normalized spacial score (nSPS) is 13.1. The number of imide groups is 1. The molecule has 18 heteroatoms. The number of carbonyl (C=O) groups is 6. The van der Waals surface area contributed by atoms with E-state index in [2.05, 4.69) is 25.9 Å². The summed E-state index contributed by atoms with van der Waals surface area (Å²) in [5.41, 5.74) is 28.3. The Hall–Kier alpha value is -6.33. The molecule has 310 valence electrons.